The van der Waals surface area contributed by atoms with Gasteiger partial charge in [-0.25, -0.2) is 0 Å². The van der Waals surface area contributed by atoms with Crippen LogP contribution in [0.3, 0.4) is 0 Å². The van der Waals surface area contributed by atoms with Crippen LogP contribution in [0.15, 0.2) is 54.6 Å². The third-order valence-electron chi connectivity index (χ3n) is 4.13. The topological polar surface area (TPSA) is 32.5 Å². The van der Waals surface area contributed by atoms with Gasteiger partial charge in [-0.15, -0.1) is 0 Å². The number of anilines is 2. The molecule has 2 aromatic rings. The first-order valence-corrected chi connectivity index (χ1v) is 7.58. The van der Waals surface area contributed by atoms with Gasteiger partial charge in [-0.3, -0.25) is 0 Å². The Labute approximate surface area is 127 Å². The summed E-state index contributed by atoms with van der Waals surface area (Å²) in [5.74, 6) is 0. The molecule has 3 nitrogen and oxygen atoms in total. The molecule has 1 heterocycles. The lowest BCUT2D eigenvalue weighted by Gasteiger charge is -2.38. The summed E-state index contributed by atoms with van der Waals surface area (Å²) in [4.78, 5) is 4.73. The van der Waals surface area contributed by atoms with Crippen molar-refractivity contribution in [1.29, 1.82) is 0 Å². The minimum absolute atomic E-state index is 0.156. The molecule has 0 bridgehead atoms. The van der Waals surface area contributed by atoms with E-state index in [1.165, 1.54) is 16.9 Å². The van der Waals surface area contributed by atoms with E-state index in [-0.39, 0.29) is 6.04 Å². The number of rotatable bonds is 4. The molecule has 0 saturated carbocycles. The minimum atomic E-state index is 0.156. The molecule has 2 N–H and O–H groups in total. The molecular formula is C18H23N3. The molecule has 1 atom stereocenters. The normalized spacial score (nSPS) is 15.7. The number of nitrogens with zero attached hydrogens (tertiary/aromatic N) is 2. The van der Waals surface area contributed by atoms with Crippen molar-refractivity contribution in [3.63, 3.8) is 0 Å². The van der Waals surface area contributed by atoms with E-state index in [0.29, 0.717) is 0 Å². The highest BCUT2D eigenvalue weighted by atomic mass is 15.3. The lowest BCUT2D eigenvalue weighted by molar-refractivity contribution is 0.617. The number of hydrogen-bond acceptors (Lipinski definition) is 3. The lowest BCUT2D eigenvalue weighted by Crippen LogP contribution is -2.45. The second-order valence-corrected chi connectivity index (χ2v) is 5.81. The first kappa shape index (κ1) is 14.0. The van der Waals surface area contributed by atoms with E-state index < -0.39 is 0 Å². The molecule has 0 amide bonds. The summed E-state index contributed by atoms with van der Waals surface area (Å²) >= 11 is 0. The van der Waals surface area contributed by atoms with E-state index in [1.54, 1.807) is 0 Å². The Bertz CT molecular complexity index is 582. The van der Waals surface area contributed by atoms with Gasteiger partial charge in [-0.1, -0.05) is 42.5 Å². The van der Waals surface area contributed by atoms with Crippen molar-refractivity contribution in [3.05, 3.63) is 60.2 Å². The second-order valence-electron chi connectivity index (χ2n) is 5.81. The zero-order valence-electron chi connectivity index (χ0n) is 12.6. The van der Waals surface area contributed by atoms with E-state index >= 15 is 0 Å². The van der Waals surface area contributed by atoms with Gasteiger partial charge in [0.05, 0.1) is 11.4 Å². The Morgan fingerprint density at radius 2 is 1.62 bits per heavy atom. The fraction of sp³-hybridized carbons (Fsp3) is 0.333. The zero-order chi connectivity index (χ0) is 14.7. The molecule has 0 radical (unpaired) electrons. The molecule has 0 saturated heterocycles. The van der Waals surface area contributed by atoms with Crippen LogP contribution in [0, 0.1) is 0 Å². The van der Waals surface area contributed by atoms with Crippen LogP contribution >= 0.6 is 0 Å². The van der Waals surface area contributed by atoms with Crippen molar-refractivity contribution in [3.8, 4) is 0 Å². The summed E-state index contributed by atoms with van der Waals surface area (Å²) in [7, 11) is 2.15. The van der Waals surface area contributed by atoms with E-state index in [0.717, 1.165) is 26.1 Å². The Hall–Kier alpha value is -2.00. The predicted molar refractivity (Wildman–Crippen MR) is 90.0 cm³/mol. The fourth-order valence-corrected chi connectivity index (χ4v) is 3.02. The van der Waals surface area contributed by atoms with Gasteiger partial charge < -0.3 is 15.5 Å². The van der Waals surface area contributed by atoms with Crippen LogP contribution in [0.4, 0.5) is 11.4 Å². The number of nitrogens with two attached hydrogens (primary N) is 1. The van der Waals surface area contributed by atoms with E-state index in [9.17, 15) is 0 Å². The maximum absolute atomic E-state index is 6.37. The monoisotopic (exact) mass is 281 g/mol. The quantitative estimate of drug-likeness (QED) is 0.934. The van der Waals surface area contributed by atoms with Crippen molar-refractivity contribution in [2.75, 3.05) is 36.5 Å². The standard InChI is InChI=1S/C18H23N3/c1-20-11-12-21(18-10-6-5-9-17(18)20)14-16(19)13-15-7-3-2-4-8-15/h2-10,16H,11-14,19H2,1H3. The van der Waals surface area contributed by atoms with Gasteiger partial charge in [0.25, 0.3) is 0 Å². The molecule has 3 heteroatoms. The van der Waals surface area contributed by atoms with E-state index in [1.807, 2.05) is 6.07 Å². The molecule has 1 unspecified atom stereocenters. The smallest absolute Gasteiger partial charge is 0.0605 e. The highest BCUT2D eigenvalue weighted by molar-refractivity contribution is 5.73. The second kappa shape index (κ2) is 6.19. The van der Waals surface area contributed by atoms with Gasteiger partial charge in [0.15, 0.2) is 0 Å². The average Bonchev–Trinajstić information content (AvgIpc) is 2.51. The Kier molecular flexibility index (Phi) is 4.11. The van der Waals surface area contributed by atoms with Crippen LogP contribution in [-0.2, 0) is 6.42 Å². The third-order valence-corrected chi connectivity index (χ3v) is 4.13. The van der Waals surface area contributed by atoms with Gasteiger partial charge in [-0.05, 0) is 24.1 Å². The third kappa shape index (κ3) is 3.19. The minimum Gasteiger partial charge on any atom is -0.371 e. The van der Waals surface area contributed by atoms with Crippen LogP contribution in [0.1, 0.15) is 5.56 Å². The SMILES string of the molecule is CN1CCN(CC(N)Cc2ccccc2)c2ccccc21. The number of fused-ring (bicyclic) bond motifs is 1. The number of likely N-dealkylation sites (N-methyl/N-ethyl adjacent to an activating group) is 1. The molecule has 0 spiro atoms. The summed E-state index contributed by atoms with van der Waals surface area (Å²) in [6.07, 6.45) is 0.926. The summed E-state index contributed by atoms with van der Waals surface area (Å²) < 4.78 is 0. The number of benzene rings is 2. The summed E-state index contributed by atoms with van der Waals surface area (Å²) in [5, 5.41) is 0. The van der Waals surface area contributed by atoms with Gasteiger partial charge >= 0.3 is 0 Å². The summed E-state index contributed by atoms with van der Waals surface area (Å²) in [6.45, 7) is 2.99. The molecule has 0 fully saturated rings. The molecule has 1 aliphatic heterocycles. The first-order chi connectivity index (χ1) is 10.2. The Balaban J connectivity index is 1.69. The molecule has 0 aliphatic carbocycles. The highest BCUT2D eigenvalue weighted by Crippen LogP contribution is 2.31. The highest BCUT2D eigenvalue weighted by Gasteiger charge is 2.21. The van der Waals surface area contributed by atoms with Crippen LogP contribution in [0.2, 0.25) is 0 Å². The molecule has 1 aliphatic rings. The number of para-hydroxylation sites is 2. The predicted octanol–water partition coefficient (Wildman–Crippen LogP) is 2.51. The van der Waals surface area contributed by atoms with Crippen LogP contribution in [-0.4, -0.2) is 32.7 Å². The Morgan fingerprint density at radius 3 is 2.38 bits per heavy atom. The Morgan fingerprint density at radius 1 is 0.952 bits per heavy atom. The maximum Gasteiger partial charge on any atom is 0.0605 e. The summed E-state index contributed by atoms with van der Waals surface area (Å²) in [5.41, 5.74) is 10.3. The van der Waals surface area contributed by atoms with Gasteiger partial charge in [0, 0.05) is 32.7 Å². The van der Waals surface area contributed by atoms with Gasteiger partial charge in [-0.2, -0.15) is 0 Å². The average molecular weight is 281 g/mol. The van der Waals surface area contributed by atoms with Crippen molar-refractivity contribution in [2.45, 2.75) is 12.5 Å². The maximum atomic E-state index is 6.37. The van der Waals surface area contributed by atoms with E-state index in [2.05, 4.69) is 65.4 Å². The van der Waals surface area contributed by atoms with Crippen LogP contribution < -0.4 is 15.5 Å². The first-order valence-electron chi connectivity index (χ1n) is 7.58. The van der Waals surface area contributed by atoms with Gasteiger partial charge in [0.2, 0.25) is 0 Å². The van der Waals surface area contributed by atoms with Crippen molar-refractivity contribution < 1.29 is 0 Å². The molecule has 2 aromatic carbocycles. The van der Waals surface area contributed by atoms with Crippen molar-refractivity contribution >= 4 is 11.4 Å². The van der Waals surface area contributed by atoms with Crippen molar-refractivity contribution in [1.82, 2.24) is 0 Å². The van der Waals surface area contributed by atoms with E-state index in [4.69, 9.17) is 5.73 Å². The summed E-state index contributed by atoms with van der Waals surface area (Å²) in [6, 6.07) is 19.2. The number of hydrogen-bond donors (Lipinski definition) is 1. The molecular weight excluding hydrogens is 258 g/mol. The molecule has 21 heavy (non-hydrogen) atoms. The zero-order valence-corrected chi connectivity index (χ0v) is 12.6. The van der Waals surface area contributed by atoms with Crippen LogP contribution in [0.25, 0.3) is 0 Å². The van der Waals surface area contributed by atoms with Crippen LogP contribution in [0.5, 0.6) is 0 Å². The lowest BCUT2D eigenvalue weighted by atomic mass is 10.1. The van der Waals surface area contributed by atoms with Gasteiger partial charge in [0.1, 0.15) is 0 Å². The molecule has 110 valence electrons. The molecule has 3 rings (SSSR count). The molecule has 0 aromatic heterocycles. The van der Waals surface area contributed by atoms with Crippen molar-refractivity contribution in [2.24, 2.45) is 5.73 Å². The largest absolute Gasteiger partial charge is 0.371 e. The fourth-order valence-electron chi connectivity index (χ4n) is 3.02.